The van der Waals surface area contributed by atoms with E-state index in [1.807, 2.05) is 30.0 Å². The first kappa shape index (κ1) is 14.9. The maximum Gasteiger partial charge on any atom is 0.255 e. The predicted octanol–water partition coefficient (Wildman–Crippen LogP) is 3.25. The molecule has 0 radical (unpaired) electrons. The molecular weight excluding hydrogens is 284 g/mol. The van der Waals surface area contributed by atoms with Crippen molar-refractivity contribution in [2.75, 3.05) is 19.6 Å². The smallest absolute Gasteiger partial charge is 0.255 e. The van der Waals surface area contributed by atoms with Crippen molar-refractivity contribution in [1.29, 1.82) is 0 Å². The largest absolute Gasteiger partial charge is 0.338 e. The summed E-state index contributed by atoms with van der Waals surface area (Å²) in [6.45, 7) is 4.74. The number of hydrogen-bond acceptors (Lipinski definition) is 2. The third-order valence-corrected chi connectivity index (χ3v) is 5.10. The van der Waals surface area contributed by atoms with E-state index < -0.39 is 0 Å². The van der Waals surface area contributed by atoms with E-state index in [0.29, 0.717) is 16.6 Å². The van der Waals surface area contributed by atoms with Crippen molar-refractivity contribution in [3.8, 4) is 0 Å². The van der Waals surface area contributed by atoms with Crippen LogP contribution in [0.2, 0.25) is 5.02 Å². The number of aryl methyl sites for hydroxylation is 1. The molecule has 0 unspecified atom stereocenters. The first-order valence-electron chi connectivity index (χ1n) is 7.93. The second-order valence-electron chi connectivity index (χ2n) is 6.35. The van der Waals surface area contributed by atoms with Crippen molar-refractivity contribution in [1.82, 2.24) is 10.2 Å². The molecule has 1 heterocycles. The Morgan fingerprint density at radius 3 is 2.67 bits per heavy atom. The molecule has 3 rings (SSSR count). The molecule has 0 bridgehead atoms. The Hall–Kier alpha value is -1.06. The molecule has 1 amide bonds. The summed E-state index contributed by atoms with van der Waals surface area (Å²) in [7, 11) is 0. The predicted molar refractivity (Wildman–Crippen MR) is 85.8 cm³/mol. The topological polar surface area (TPSA) is 32.3 Å². The molecule has 1 N–H and O–H groups in total. The molecule has 0 spiro atoms. The fraction of sp³-hybridized carbons (Fsp3) is 0.588. The lowest BCUT2D eigenvalue weighted by molar-refractivity contribution is 0.0705. The molecule has 1 aromatic rings. The van der Waals surface area contributed by atoms with Crippen molar-refractivity contribution < 1.29 is 4.79 Å². The highest BCUT2D eigenvalue weighted by molar-refractivity contribution is 6.34. The number of carbonyl (C=O) groups is 1. The lowest BCUT2D eigenvalue weighted by Crippen LogP contribution is -2.45. The SMILES string of the molecule is Cc1cccc(C(=O)N2CCC(NCC3CC3)CC2)c1Cl. The number of carbonyl (C=O) groups excluding carboxylic acids is 1. The number of rotatable bonds is 4. The van der Waals surface area contributed by atoms with Crippen LogP contribution in [0.4, 0.5) is 0 Å². The van der Waals surface area contributed by atoms with Crippen LogP contribution in [-0.2, 0) is 0 Å². The van der Waals surface area contributed by atoms with Crippen molar-refractivity contribution in [2.45, 2.75) is 38.6 Å². The molecule has 0 aromatic heterocycles. The van der Waals surface area contributed by atoms with Gasteiger partial charge in [0.15, 0.2) is 0 Å². The lowest BCUT2D eigenvalue weighted by Gasteiger charge is -2.33. The van der Waals surface area contributed by atoms with E-state index in [2.05, 4.69) is 5.32 Å². The summed E-state index contributed by atoms with van der Waals surface area (Å²) < 4.78 is 0. The molecule has 0 atom stereocenters. The van der Waals surface area contributed by atoms with Crippen LogP contribution in [0, 0.1) is 12.8 Å². The first-order valence-corrected chi connectivity index (χ1v) is 8.30. The Labute approximate surface area is 131 Å². The van der Waals surface area contributed by atoms with Gasteiger partial charge in [0, 0.05) is 19.1 Å². The number of halogens is 1. The maximum atomic E-state index is 12.6. The summed E-state index contributed by atoms with van der Waals surface area (Å²) in [5, 5.41) is 4.23. The molecule has 2 fully saturated rings. The Morgan fingerprint density at radius 1 is 1.29 bits per heavy atom. The molecule has 114 valence electrons. The zero-order valence-electron chi connectivity index (χ0n) is 12.6. The van der Waals surface area contributed by atoms with Gasteiger partial charge in [-0.3, -0.25) is 4.79 Å². The number of likely N-dealkylation sites (tertiary alicyclic amines) is 1. The van der Waals surface area contributed by atoms with E-state index in [4.69, 9.17) is 11.6 Å². The van der Waals surface area contributed by atoms with Crippen LogP contribution in [0.3, 0.4) is 0 Å². The van der Waals surface area contributed by atoms with Gasteiger partial charge in [0.25, 0.3) is 5.91 Å². The van der Waals surface area contributed by atoms with Gasteiger partial charge in [-0.25, -0.2) is 0 Å². The number of amides is 1. The second kappa shape index (κ2) is 6.37. The van der Waals surface area contributed by atoms with Crippen LogP contribution < -0.4 is 5.32 Å². The molecule has 1 aromatic carbocycles. The summed E-state index contributed by atoms with van der Waals surface area (Å²) in [5.74, 6) is 0.986. The second-order valence-corrected chi connectivity index (χ2v) is 6.73. The highest BCUT2D eigenvalue weighted by Gasteiger charge is 2.27. The highest BCUT2D eigenvalue weighted by atomic mass is 35.5. The van der Waals surface area contributed by atoms with Gasteiger partial charge in [0.05, 0.1) is 10.6 Å². The third-order valence-electron chi connectivity index (χ3n) is 4.60. The fourth-order valence-corrected chi connectivity index (χ4v) is 3.13. The van der Waals surface area contributed by atoms with Gasteiger partial charge in [-0.15, -0.1) is 0 Å². The minimum Gasteiger partial charge on any atom is -0.338 e. The average molecular weight is 307 g/mol. The minimum atomic E-state index is 0.0735. The number of nitrogens with zero attached hydrogens (tertiary/aromatic N) is 1. The van der Waals surface area contributed by atoms with Crippen LogP contribution in [0.25, 0.3) is 0 Å². The maximum absolute atomic E-state index is 12.6. The Bertz CT molecular complexity index is 520. The number of piperidine rings is 1. The highest BCUT2D eigenvalue weighted by Crippen LogP contribution is 2.28. The fourth-order valence-electron chi connectivity index (χ4n) is 2.92. The summed E-state index contributed by atoms with van der Waals surface area (Å²) in [5.41, 5.74) is 1.60. The average Bonchev–Trinajstić information content (AvgIpc) is 3.32. The van der Waals surface area contributed by atoms with Crippen molar-refractivity contribution >= 4 is 17.5 Å². The molecule has 1 aliphatic carbocycles. The van der Waals surface area contributed by atoms with Crippen LogP contribution in [-0.4, -0.2) is 36.5 Å². The molecule has 1 saturated heterocycles. The summed E-state index contributed by atoms with van der Waals surface area (Å²) in [6, 6.07) is 6.24. The van der Waals surface area contributed by atoms with Crippen LogP contribution in [0.1, 0.15) is 41.6 Å². The first-order chi connectivity index (χ1) is 10.1. The summed E-state index contributed by atoms with van der Waals surface area (Å²) >= 11 is 6.27. The number of benzene rings is 1. The van der Waals surface area contributed by atoms with E-state index >= 15 is 0 Å². The molecular formula is C17H23ClN2O. The van der Waals surface area contributed by atoms with Gasteiger partial charge in [-0.05, 0) is 56.7 Å². The zero-order valence-corrected chi connectivity index (χ0v) is 13.3. The Morgan fingerprint density at radius 2 is 2.00 bits per heavy atom. The van der Waals surface area contributed by atoms with Crippen LogP contribution in [0.15, 0.2) is 18.2 Å². The number of hydrogen-bond donors (Lipinski definition) is 1. The van der Waals surface area contributed by atoms with E-state index in [9.17, 15) is 4.79 Å². The monoisotopic (exact) mass is 306 g/mol. The Kier molecular flexibility index (Phi) is 4.51. The third kappa shape index (κ3) is 3.58. The number of nitrogens with one attached hydrogen (secondary N) is 1. The van der Waals surface area contributed by atoms with Crippen molar-refractivity contribution in [3.63, 3.8) is 0 Å². The van der Waals surface area contributed by atoms with Gasteiger partial charge in [-0.1, -0.05) is 23.7 Å². The zero-order chi connectivity index (χ0) is 14.8. The van der Waals surface area contributed by atoms with Crippen LogP contribution in [0.5, 0.6) is 0 Å². The van der Waals surface area contributed by atoms with Gasteiger partial charge in [0.2, 0.25) is 0 Å². The quantitative estimate of drug-likeness (QED) is 0.926. The Balaban J connectivity index is 1.55. The standard InChI is InChI=1S/C17H23ClN2O/c1-12-3-2-4-15(16(12)18)17(21)20-9-7-14(8-10-20)19-11-13-5-6-13/h2-4,13-14,19H,5-11H2,1H3. The van der Waals surface area contributed by atoms with Crippen molar-refractivity contribution in [3.05, 3.63) is 34.3 Å². The van der Waals surface area contributed by atoms with Gasteiger partial charge >= 0.3 is 0 Å². The van der Waals surface area contributed by atoms with E-state index in [-0.39, 0.29) is 5.91 Å². The summed E-state index contributed by atoms with van der Waals surface area (Å²) in [4.78, 5) is 14.5. The molecule has 1 saturated carbocycles. The molecule has 2 aliphatic rings. The van der Waals surface area contributed by atoms with E-state index in [1.165, 1.54) is 12.8 Å². The molecule has 3 nitrogen and oxygen atoms in total. The normalized spacial score (nSPS) is 19.8. The molecule has 4 heteroatoms. The van der Waals surface area contributed by atoms with Crippen molar-refractivity contribution in [2.24, 2.45) is 5.92 Å². The van der Waals surface area contributed by atoms with E-state index in [0.717, 1.165) is 44.0 Å². The molecule has 21 heavy (non-hydrogen) atoms. The summed E-state index contributed by atoms with van der Waals surface area (Å²) in [6.07, 6.45) is 4.86. The van der Waals surface area contributed by atoms with Gasteiger partial charge in [-0.2, -0.15) is 0 Å². The molecule has 1 aliphatic heterocycles. The van der Waals surface area contributed by atoms with Gasteiger partial charge in [0.1, 0.15) is 0 Å². The van der Waals surface area contributed by atoms with E-state index in [1.54, 1.807) is 0 Å². The van der Waals surface area contributed by atoms with Crippen LogP contribution >= 0.6 is 11.6 Å². The van der Waals surface area contributed by atoms with Gasteiger partial charge < -0.3 is 10.2 Å². The lowest BCUT2D eigenvalue weighted by atomic mass is 10.0. The minimum absolute atomic E-state index is 0.0735.